The lowest BCUT2D eigenvalue weighted by atomic mass is 10.1. The third-order valence-corrected chi connectivity index (χ3v) is 4.18. The maximum absolute atomic E-state index is 11.6. The SMILES string of the molecule is CCS(=O)(=O)c1ccc(CC(=O)OC(C)(C)C)cc1. The van der Waals surface area contributed by atoms with E-state index in [0.29, 0.717) is 0 Å². The fraction of sp³-hybridized carbons (Fsp3) is 0.500. The molecule has 0 radical (unpaired) electrons. The summed E-state index contributed by atoms with van der Waals surface area (Å²) in [7, 11) is -3.19. The molecule has 1 aromatic carbocycles. The highest BCUT2D eigenvalue weighted by Gasteiger charge is 2.17. The summed E-state index contributed by atoms with van der Waals surface area (Å²) < 4.78 is 28.5. The first-order valence-corrected chi connectivity index (χ1v) is 7.83. The van der Waals surface area contributed by atoms with Crippen molar-refractivity contribution in [2.45, 2.75) is 44.6 Å². The number of hydrogen-bond donors (Lipinski definition) is 0. The van der Waals surface area contributed by atoms with E-state index in [1.807, 2.05) is 20.8 Å². The number of carbonyl (C=O) groups excluding carboxylic acids is 1. The Bertz CT molecular complexity index is 536. The summed E-state index contributed by atoms with van der Waals surface area (Å²) in [6, 6.07) is 6.34. The molecular formula is C14H20O4S. The summed E-state index contributed by atoms with van der Waals surface area (Å²) in [5, 5.41) is 0. The number of esters is 1. The molecule has 0 saturated carbocycles. The molecule has 0 aliphatic rings. The molecule has 0 bridgehead atoms. The maximum Gasteiger partial charge on any atom is 0.310 e. The number of rotatable bonds is 4. The molecule has 0 spiro atoms. The molecule has 4 nitrogen and oxygen atoms in total. The van der Waals surface area contributed by atoms with Gasteiger partial charge in [-0.3, -0.25) is 4.79 Å². The van der Waals surface area contributed by atoms with Crippen molar-refractivity contribution in [1.82, 2.24) is 0 Å². The van der Waals surface area contributed by atoms with Crippen LogP contribution < -0.4 is 0 Å². The molecule has 1 aromatic rings. The number of hydrogen-bond acceptors (Lipinski definition) is 4. The monoisotopic (exact) mass is 284 g/mol. The fourth-order valence-corrected chi connectivity index (χ4v) is 2.41. The molecule has 0 N–H and O–H groups in total. The zero-order chi connectivity index (χ0) is 14.7. The second kappa shape index (κ2) is 5.74. The Morgan fingerprint density at radius 1 is 1.16 bits per heavy atom. The standard InChI is InChI=1S/C14H20O4S/c1-5-19(16,17)12-8-6-11(7-9-12)10-13(15)18-14(2,3)4/h6-9H,5,10H2,1-4H3. The molecule has 0 heterocycles. The summed E-state index contributed by atoms with van der Waals surface area (Å²) in [6.07, 6.45) is 0.143. The van der Waals surface area contributed by atoms with Gasteiger partial charge in [0.25, 0.3) is 0 Å². The summed E-state index contributed by atoms with van der Waals surface area (Å²) in [5.41, 5.74) is 0.229. The Kier molecular flexibility index (Phi) is 4.74. The van der Waals surface area contributed by atoms with Gasteiger partial charge in [0.1, 0.15) is 5.60 Å². The molecule has 0 aromatic heterocycles. The molecule has 0 unspecified atom stereocenters. The van der Waals surface area contributed by atoms with Crippen molar-refractivity contribution in [3.63, 3.8) is 0 Å². The molecule has 5 heteroatoms. The predicted octanol–water partition coefficient (Wildman–Crippen LogP) is 2.36. The highest BCUT2D eigenvalue weighted by atomic mass is 32.2. The van der Waals surface area contributed by atoms with E-state index in [0.717, 1.165) is 5.56 Å². The largest absolute Gasteiger partial charge is 0.460 e. The number of ether oxygens (including phenoxy) is 1. The van der Waals surface area contributed by atoms with Gasteiger partial charge in [0.2, 0.25) is 0 Å². The molecule has 19 heavy (non-hydrogen) atoms. The van der Waals surface area contributed by atoms with E-state index < -0.39 is 15.4 Å². The van der Waals surface area contributed by atoms with E-state index in [-0.39, 0.29) is 23.0 Å². The van der Waals surface area contributed by atoms with Gasteiger partial charge in [0.15, 0.2) is 9.84 Å². The lowest BCUT2D eigenvalue weighted by molar-refractivity contribution is -0.153. The van der Waals surface area contributed by atoms with Crippen LogP contribution in [-0.4, -0.2) is 25.7 Å². The van der Waals surface area contributed by atoms with Crippen LogP contribution in [0.25, 0.3) is 0 Å². The maximum atomic E-state index is 11.6. The third-order valence-electron chi connectivity index (χ3n) is 2.43. The van der Waals surface area contributed by atoms with Gasteiger partial charge in [-0.25, -0.2) is 8.42 Å². The highest BCUT2D eigenvalue weighted by molar-refractivity contribution is 7.91. The summed E-state index contributed by atoms with van der Waals surface area (Å²) in [5.74, 6) is -0.253. The third kappa shape index (κ3) is 5.03. The second-order valence-electron chi connectivity index (χ2n) is 5.31. The normalized spacial score (nSPS) is 12.2. The Balaban J connectivity index is 2.76. The van der Waals surface area contributed by atoms with E-state index in [4.69, 9.17) is 4.74 Å². The average Bonchev–Trinajstić information content (AvgIpc) is 2.27. The minimum Gasteiger partial charge on any atom is -0.460 e. The van der Waals surface area contributed by atoms with Gasteiger partial charge in [0, 0.05) is 0 Å². The van der Waals surface area contributed by atoms with E-state index >= 15 is 0 Å². The van der Waals surface area contributed by atoms with E-state index in [1.54, 1.807) is 19.1 Å². The second-order valence-corrected chi connectivity index (χ2v) is 7.59. The van der Waals surface area contributed by atoms with E-state index in [2.05, 4.69) is 0 Å². The van der Waals surface area contributed by atoms with Gasteiger partial charge < -0.3 is 4.74 Å². The minimum absolute atomic E-state index is 0.0679. The van der Waals surface area contributed by atoms with Crippen LogP contribution in [0.2, 0.25) is 0 Å². The molecule has 106 valence electrons. The van der Waals surface area contributed by atoms with Crippen LogP contribution in [0, 0.1) is 0 Å². The van der Waals surface area contributed by atoms with Crippen molar-refractivity contribution in [1.29, 1.82) is 0 Å². The Labute approximate surface area is 114 Å². The molecular weight excluding hydrogens is 264 g/mol. The smallest absolute Gasteiger partial charge is 0.310 e. The molecule has 0 atom stereocenters. The average molecular weight is 284 g/mol. The number of carbonyl (C=O) groups is 1. The van der Waals surface area contributed by atoms with Crippen LogP contribution in [0.5, 0.6) is 0 Å². The van der Waals surface area contributed by atoms with Crippen LogP contribution in [0.3, 0.4) is 0 Å². The van der Waals surface area contributed by atoms with Crippen LogP contribution in [0.15, 0.2) is 29.2 Å². The van der Waals surface area contributed by atoms with Crippen molar-refractivity contribution in [2.24, 2.45) is 0 Å². The highest BCUT2D eigenvalue weighted by Crippen LogP contribution is 2.14. The zero-order valence-electron chi connectivity index (χ0n) is 11.8. The first-order valence-electron chi connectivity index (χ1n) is 6.17. The number of benzene rings is 1. The van der Waals surface area contributed by atoms with Crippen LogP contribution >= 0.6 is 0 Å². The quantitative estimate of drug-likeness (QED) is 0.796. The Hall–Kier alpha value is -1.36. The van der Waals surface area contributed by atoms with Gasteiger partial charge >= 0.3 is 5.97 Å². The molecule has 1 rings (SSSR count). The van der Waals surface area contributed by atoms with Crippen molar-refractivity contribution >= 4 is 15.8 Å². The van der Waals surface area contributed by atoms with Gasteiger partial charge in [-0.15, -0.1) is 0 Å². The molecule has 0 fully saturated rings. The van der Waals surface area contributed by atoms with Crippen LogP contribution in [0.4, 0.5) is 0 Å². The lowest BCUT2D eigenvalue weighted by Gasteiger charge is -2.19. The predicted molar refractivity (Wildman–Crippen MR) is 73.7 cm³/mol. The number of sulfone groups is 1. The van der Waals surface area contributed by atoms with E-state index in [9.17, 15) is 13.2 Å². The summed E-state index contributed by atoms with van der Waals surface area (Å²) >= 11 is 0. The van der Waals surface area contributed by atoms with E-state index in [1.165, 1.54) is 12.1 Å². The molecule has 0 saturated heterocycles. The van der Waals surface area contributed by atoms with Crippen LogP contribution in [0.1, 0.15) is 33.3 Å². The molecule has 0 amide bonds. The first-order chi connectivity index (χ1) is 8.64. The van der Waals surface area contributed by atoms with Crippen molar-refractivity contribution in [3.8, 4) is 0 Å². The Morgan fingerprint density at radius 3 is 2.11 bits per heavy atom. The molecule has 0 aliphatic carbocycles. The topological polar surface area (TPSA) is 60.4 Å². The van der Waals surface area contributed by atoms with Crippen molar-refractivity contribution in [2.75, 3.05) is 5.75 Å². The van der Waals surface area contributed by atoms with Gasteiger partial charge in [0.05, 0.1) is 17.1 Å². The van der Waals surface area contributed by atoms with Gasteiger partial charge in [-0.05, 0) is 38.5 Å². The van der Waals surface area contributed by atoms with Gasteiger partial charge in [-0.1, -0.05) is 19.1 Å². The first kappa shape index (κ1) is 15.7. The van der Waals surface area contributed by atoms with Crippen LogP contribution in [-0.2, 0) is 25.8 Å². The lowest BCUT2D eigenvalue weighted by Crippen LogP contribution is -2.24. The van der Waals surface area contributed by atoms with Gasteiger partial charge in [-0.2, -0.15) is 0 Å². The molecule has 0 aliphatic heterocycles. The van der Waals surface area contributed by atoms with Crippen molar-refractivity contribution < 1.29 is 17.9 Å². The summed E-state index contributed by atoms with van der Waals surface area (Å²) in [6.45, 7) is 7.02. The van der Waals surface area contributed by atoms with Crippen molar-refractivity contribution in [3.05, 3.63) is 29.8 Å². The Morgan fingerprint density at radius 2 is 1.68 bits per heavy atom. The summed E-state index contributed by atoms with van der Waals surface area (Å²) in [4.78, 5) is 11.9. The fourth-order valence-electron chi connectivity index (χ4n) is 1.53. The minimum atomic E-state index is -3.19. The zero-order valence-corrected chi connectivity index (χ0v) is 12.6.